The van der Waals surface area contributed by atoms with E-state index in [-0.39, 0.29) is 18.2 Å². The van der Waals surface area contributed by atoms with E-state index in [2.05, 4.69) is 0 Å². The number of rotatable bonds is 6. The summed E-state index contributed by atoms with van der Waals surface area (Å²) in [4.78, 5) is 26.4. The summed E-state index contributed by atoms with van der Waals surface area (Å²) < 4.78 is 43.4. The first-order valence-electron chi connectivity index (χ1n) is 8.78. The molecular weight excluding hydrogens is 373 g/mol. The lowest BCUT2D eigenvalue weighted by Crippen LogP contribution is -2.37. The van der Waals surface area contributed by atoms with Crippen LogP contribution in [0, 0.1) is 0 Å². The van der Waals surface area contributed by atoms with E-state index < -0.39 is 18.6 Å². The van der Waals surface area contributed by atoms with Gasteiger partial charge in [-0.3, -0.25) is 9.59 Å². The molecule has 0 radical (unpaired) electrons. The Morgan fingerprint density at radius 1 is 1.21 bits per heavy atom. The molecule has 0 saturated carbocycles. The standard InChI is InChI=1S/C20H19F3N2O3/c21-20(22,23)14-24(13-17-3-2-12-28-17)18(26)10-7-15-5-8-16(9-6-15)25-11-1-4-19(25)27/h2-3,5-10,12H,1,4,11,13-14H2/b10-7+. The molecule has 1 aliphatic rings. The Balaban J connectivity index is 1.67. The van der Waals surface area contributed by atoms with E-state index in [9.17, 15) is 22.8 Å². The van der Waals surface area contributed by atoms with Crippen molar-refractivity contribution < 1.29 is 27.2 Å². The Labute approximate surface area is 160 Å². The summed E-state index contributed by atoms with van der Waals surface area (Å²) in [6, 6.07) is 10.00. The molecule has 1 fully saturated rings. The van der Waals surface area contributed by atoms with Gasteiger partial charge in [-0.15, -0.1) is 0 Å². The molecule has 148 valence electrons. The van der Waals surface area contributed by atoms with Crippen LogP contribution in [0.1, 0.15) is 24.2 Å². The first kappa shape index (κ1) is 19.7. The molecule has 28 heavy (non-hydrogen) atoms. The average molecular weight is 392 g/mol. The van der Waals surface area contributed by atoms with Crippen molar-refractivity contribution in [2.24, 2.45) is 0 Å². The summed E-state index contributed by atoms with van der Waals surface area (Å²) in [6.07, 6.45) is 0.725. The third kappa shape index (κ3) is 5.25. The predicted octanol–water partition coefficient (Wildman–Crippen LogP) is 4.01. The number of nitrogens with zero attached hydrogens (tertiary/aromatic N) is 2. The topological polar surface area (TPSA) is 53.8 Å². The Morgan fingerprint density at radius 3 is 2.54 bits per heavy atom. The number of benzene rings is 1. The van der Waals surface area contributed by atoms with Crippen LogP contribution in [-0.4, -0.2) is 36.0 Å². The molecule has 1 aromatic heterocycles. The fraction of sp³-hybridized carbons (Fsp3) is 0.300. The Bertz CT molecular complexity index is 843. The maximum absolute atomic E-state index is 12.8. The van der Waals surface area contributed by atoms with E-state index >= 15 is 0 Å². The zero-order valence-corrected chi connectivity index (χ0v) is 15.0. The second-order valence-corrected chi connectivity index (χ2v) is 6.46. The van der Waals surface area contributed by atoms with Crippen LogP contribution < -0.4 is 4.90 Å². The molecule has 8 heteroatoms. The third-order valence-corrected chi connectivity index (χ3v) is 4.31. The number of anilines is 1. The van der Waals surface area contributed by atoms with Crippen molar-refractivity contribution in [3.05, 3.63) is 60.1 Å². The van der Waals surface area contributed by atoms with Gasteiger partial charge in [0.1, 0.15) is 12.3 Å². The van der Waals surface area contributed by atoms with Gasteiger partial charge in [-0.2, -0.15) is 13.2 Å². The van der Waals surface area contributed by atoms with Crippen molar-refractivity contribution in [1.29, 1.82) is 0 Å². The summed E-state index contributed by atoms with van der Waals surface area (Å²) in [5.41, 5.74) is 1.41. The van der Waals surface area contributed by atoms with Crippen molar-refractivity contribution in [2.75, 3.05) is 18.0 Å². The molecule has 0 atom stereocenters. The van der Waals surface area contributed by atoms with Gasteiger partial charge in [-0.1, -0.05) is 12.1 Å². The monoisotopic (exact) mass is 392 g/mol. The smallest absolute Gasteiger partial charge is 0.406 e. The van der Waals surface area contributed by atoms with E-state index in [1.54, 1.807) is 35.2 Å². The van der Waals surface area contributed by atoms with Gasteiger partial charge in [0.2, 0.25) is 11.8 Å². The summed E-state index contributed by atoms with van der Waals surface area (Å²) in [5, 5.41) is 0. The molecule has 2 aromatic rings. The van der Waals surface area contributed by atoms with Gasteiger partial charge >= 0.3 is 6.18 Å². The lowest BCUT2D eigenvalue weighted by molar-refractivity contribution is -0.159. The van der Waals surface area contributed by atoms with Gasteiger partial charge in [-0.05, 0) is 42.3 Å². The zero-order valence-electron chi connectivity index (χ0n) is 15.0. The highest BCUT2D eigenvalue weighted by Crippen LogP contribution is 2.22. The molecule has 0 spiro atoms. The van der Waals surface area contributed by atoms with Gasteiger partial charge in [0.15, 0.2) is 0 Å². The second-order valence-electron chi connectivity index (χ2n) is 6.46. The molecule has 3 rings (SSSR count). The summed E-state index contributed by atoms with van der Waals surface area (Å²) in [6.45, 7) is -0.968. The molecule has 1 aliphatic heterocycles. The fourth-order valence-electron chi connectivity index (χ4n) is 2.98. The van der Waals surface area contributed by atoms with Gasteiger partial charge in [-0.25, -0.2) is 0 Å². The molecule has 0 aliphatic carbocycles. The minimum Gasteiger partial charge on any atom is -0.467 e. The van der Waals surface area contributed by atoms with Crippen LogP contribution in [-0.2, 0) is 16.1 Å². The number of hydrogen-bond donors (Lipinski definition) is 0. The van der Waals surface area contributed by atoms with Crippen molar-refractivity contribution in [2.45, 2.75) is 25.6 Å². The molecule has 0 bridgehead atoms. The zero-order chi connectivity index (χ0) is 20.1. The molecule has 1 aromatic carbocycles. The third-order valence-electron chi connectivity index (χ3n) is 4.31. The van der Waals surface area contributed by atoms with Crippen LogP contribution in [0.3, 0.4) is 0 Å². The number of furan rings is 1. The maximum atomic E-state index is 12.8. The second kappa shape index (κ2) is 8.33. The number of carbonyl (C=O) groups is 2. The number of alkyl halides is 3. The minimum absolute atomic E-state index is 0.0687. The van der Waals surface area contributed by atoms with Gasteiger partial charge < -0.3 is 14.2 Å². The molecule has 5 nitrogen and oxygen atoms in total. The summed E-state index contributed by atoms with van der Waals surface area (Å²) in [7, 11) is 0. The summed E-state index contributed by atoms with van der Waals surface area (Å²) in [5.74, 6) is -0.433. The normalized spacial score (nSPS) is 14.8. The lowest BCUT2D eigenvalue weighted by atomic mass is 10.2. The van der Waals surface area contributed by atoms with Crippen LogP contribution in [0.4, 0.5) is 18.9 Å². The number of amides is 2. The number of halogens is 3. The number of carbonyl (C=O) groups excluding carboxylic acids is 2. The molecule has 1 saturated heterocycles. The van der Waals surface area contributed by atoms with Crippen LogP contribution in [0.2, 0.25) is 0 Å². The van der Waals surface area contributed by atoms with E-state index in [0.29, 0.717) is 23.4 Å². The first-order chi connectivity index (χ1) is 13.3. The van der Waals surface area contributed by atoms with Crippen molar-refractivity contribution >= 4 is 23.6 Å². The van der Waals surface area contributed by atoms with Crippen LogP contribution in [0.25, 0.3) is 6.08 Å². The van der Waals surface area contributed by atoms with Gasteiger partial charge in [0.05, 0.1) is 12.8 Å². The SMILES string of the molecule is O=C(/C=C/c1ccc(N2CCCC2=O)cc1)N(Cc1ccco1)CC(F)(F)F. The summed E-state index contributed by atoms with van der Waals surface area (Å²) >= 11 is 0. The number of hydrogen-bond acceptors (Lipinski definition) is 3. The highest BCUT2D eigenvalue weighted by atomic mass is 19.4. The molecule has 2 heterocycles. The van der Waals surface area contributed by atoms with Gasteiger partial charge in [0, 0.05) is 24.7 Å². The minimum atomic E-state index is -4.51. The van der Waals surface area contributed by atoms with Gasteiger partial charge in [0.25, 0.3) is 0 Å². The van der Waals surface area contributed by atoms with Crippen LogP contribution in [0.5, 0.6) is 0 Å². The average Bonchev–Trinajstić information content (AvgIpc) is 3.30. The van der Waals surface area contributed by atoms with Crippen molar-refractivity contribution in [3.63, 3.8) is 0 Å². The quantitative estimate of drug-likeness (QED) is 0.698. The molecule has 2 amide bonds. The van der Waals surface area contributed by atoms with Crippen molar-refractivity contribution in [1.82, 2.24) is 4.90 Å². The highest BCUT2D eigenvalue weighted by Gasteiger charge is 2.32. The Hall–Kier alpha value is -3.03. The van der Waals surface area contributed by atoms with Crippen LogP contribution >= 0.6 is 0 Å². The van der Waals surface area contributed by atoms with E-state index in [1.807, 2.05) is 0 Å². The van der Waals surface area contributed by atoms with Crippen LogP contribution in [0.15, 0.2) is 53.2 Å². The Morgan fingerprint density at radius 2 is 1.96 bits per heavy atom. The Kier molecular flexibility index (Phi) is 5.87. The predicted molar refractivity (Wildman–Crippen MR) is 97.2 cm³/mol. The molecule has 0 unspecified atom stereocenters. The van der Waals surface area contributed by atoms with E-state index in [4.69, 9.17) is 4.42 Å². The first-order valence-corrected chi connectivity index (χ1v) is 8.78. The molecule has 0 N–H and O–H groups in total. The van der Waals surface area contributed by atoms with Crippen molar-refractivity contribution in [3.8, 4) is 0 Å². The van der Waals surface area contributed by atoms with E-state index in [1.165, 1.54) is 18.4 Å². The highest BCUT2D eigenvalue weighted by molar-refractivity contribution is 5.95. The fourth-order valence-corrected chi connectivity index (χ4v) is 2.98. The lowest BCUT2D eigenvalue weighted by Gasteiger charge is -2.21. The molecular formula is C20H19F3N2O3. The maximum Gasteiger partial charge on any atom is 0.406 e. The van der Waals surface area contributed by atoms with E-state index in [0.717, 1.165) is 18.2 Å². The largest absolute Gasteiger partial charge is 0.467 e.